The molecule has 3 aromatic rings. The van der Waals surface area contributed by atoms with Crippen molar-refractivity contribution in [2.75, 3.05) is 24.4 Å². The molecule has 0 bridgehead atoms. The van der Waals surface area contributed by atoms with E-state index in [1.807, 2.05) is 38.1 Å². The van der Waals surface area contributed by atoms with Crippen LogP contribution in [0.4, 0.5) is 11.4 Å². The maximum atomic E-state index is 13.5. The number of carbonyl (C=O) groups excluding carboxylic acids is 2. The van der Waals surface area contributed by atoms with Gasteiger partial charge in [-0.15, -0.1) is 0 Å². The number of hydrogen-bond acceptors (Lipinski definition) is 5. The lowest BCUT2D eigenvalue weighted by atomic mass is 9.99. The second-order valence-corrected chi connectivity index (χ2v) is 7.53. The number of anilines is 2. The van der Waals surface area contributed by atoms with Crippen LogP contribution in [0.15, 0.2) is 72.4 Å². The molecule has 6 heteroatoms. The fourth-order valence-corrected chi connectivity index (χ4v) is 3.68. The molecule has 6 nitrogen and oxygen atoms in total. The highest BCUT2D eigenvalue weighted by molar-refractivity contribution is 6.46. The number of amides is 2. The number of carbonyl (C=O) groups is 2. The highest BCUT2D eigenvalue weighted by atomic mass is 16.5. The van der Waals surface area contributed by atoms with Gasteiger partial charge in [-0.3, -0.25) is 9.59 Å². The average molecular weight is 428 g/mol. The molecule has 0 saturated heterocycles. The van der Waals surface area contributed by atoms with Crippen LogP contribution in [0.2, 0.25) is 0 Å². The Bertz CT molecular complexity index is 1230. The standard InChI is InChI=1S/C26H24N2O4/c1-16-10-11-18(14-17(16)2)23-24(27-19-12-13-21(31-3)22(15-19)32-4)26(30)28(25(23)29)20-8-6-5-7-9-20/h5-15,27H,1-4H3. The van der Waals surface area contributed by atoms with Crippen LogP contribution in [0.25, 0.3) is 5.57 Å². The average Bonchev–Trinajstić information content (AvgIpc) is 3.05. The lowest BCUT2D eigenvalue weighted by Crippen LogP contribution is -2.32. The van der Waals surface area contributed by atoms with E-state index >= 15 is 0 Å². The molecule has 1 N–H and O–H groups in total. The van der Waals surface area contributed by atoms with Gasteiger partial charge in [0.1, 0.15) is 5.70 Å². The van der Waals surface area contributed by atoms with E-state index in [-0.39, 0.29) is 11.6 Å². The minimum Gasteiger partial charge on any atom is -0.493 e. The van der Waals surface area contributed by atoms with Crippen LogP contribution < -0.4 is 19.7 Å². The van der Waals surface area contributed by atoms with Crippen LogP contribution in [-0.2, 0) is 9.59 Å². The van der Waals surface area contributed by atoms with Crippen molar-refractivity contribution in [1.29, 1.82) is 0 Å². The zero-order valence-corrected chi connectivity index (χ0v) is 18.4. The zero-order valence-electron chi connectivity index (χ0n) is 18.4. The van der Waals surface area contributed by atoms with Crippen LogP contribution >= 0.6 is 0 Å². The number of imide groups is 1. The number of rotatable bonds is 6. The predicted octanol–water partition coefficient (Wildman–Crippen LogP) is 4.72. The van der Waals surface area contributed by atoms with Gasteiger partial charge in [0.25, 0.3) is 11.8 Å². The Morgan fingerprint density at radius 1 is 0.750 bits per heavy atom. The third-order valence-electron chi connectivity index (χ3n) is 5.55. The van der Waals surface area contributed by atoms with E-state index in [4.69, 9.17) is 9.47 Å². The first-order chi connectivity index (χ1) is 15.4. The monoisotopic (exact) mass is 428 g/mol. The molecule has 0 unspecified atom stereocenters. The maximum Gasteiger partial charge on any atom is 0.282 e. The van der Waals surface area contributed by atoms with E-state index in [1.54, 1.807) is 56.7 Å². The van der Waals surface area contributed by atoms with Gasteiger partial charge in [-0.05, 0) is 54.8 Å². The fraction of sp³-hybridized carbons (Fsp3) is 0.154. The molecule has 0 fully saturated rings. The first-order valence-corrected chi connectivity index (χ1v) is 10.2. The normalized spacial score (nSPS) is 13.6. The first kappa shape index (κ1) is 21.2. The van der Waals surface area contributed by atoms with Gasteiger partial charge in [-0.25, -0.2) is 4.90 Å². The van der Waals surface area contributed by atoms with E-state index in [1.165, 1.54) is 4.90 Å². The molecule has 4 rings (SSSR count). The Balaban J connectivity index is 1.83. The highest BCUT2D eigenvalue weighted by Crippen LogP contribution is 2.36. The van der Waals surface area contributed by atoms with Crippen molar-refractivity contribution in [3.63, 3.8) is 0 Å². The third-order valence-corrected chi connectivity index (χ3v) is 5.55. The second kappa shape index (κ2) is 8.59. The lowest BCUT2D eigenvalue weighted by Gasteiger charge is -2.15. The number of nitrogens with zero attached hydrogens (tertiary/aromatic N) is 1. The maximum absolute atomic E-state index is 13.5. The van der Waals surface area contributed by atoms with Crippen molar-refractivity contribution in [1.82, 2.24) is 0 Å². The van der Waals surface area contributed by atoms with Crippen molar-refractivity contribution >= 4 is 28.8 Å². The summed E-state index contributed by atoms with van der Waals surface area (Å²) in [5.74, 6) is 0.306. The topological polar surface area (TPSA) is 67.9 Å². The molecule has 0 aliphatic carbocycles. The summed E-state index contributed by atoms with van der Waals surface area (Å²) in [6.45, 7) is 3.99. The van der Waals surface area contributed by atoms with E-state index in [2.05, 4.69) is 5.32 Å². The molecule has 1 heterocycles. The molecule has 0 atom stereocenters. The molecule has 32 heavy (non-hydrogen) atoms. The minimum absolute atomic E-state index is 0.217. The summed E-state index contributed by atoms with van der Waals surface area (Å²) in [4.78, 5) is 28.2. The Hall–Kier alpha value is -4.06. The summed E-state index contributed by atoms with van der Waals surface area (Å²) in [6.07, 6.45) is 0. The molecule has 2 amide bonds. The van der Waals surface area contributed by atoms with Crippen LogP contribution in [0.5, 0.6) is 11.5 Å². The SMILES string of the molecule is COc1ccc(NC2=C(c3ccc(C)c(C)c3)C(=O)N(c3ccccc3)C2=O)cc1OC. The van der Waals surface area contributed by atoms with Gasteiger partial charge < -0.3 is 14.8 Å². The summed E-state index contributed by atoms with van der Waals surface area (Å²) in [5.41, 5.74) is 4.52. The van der Waals surface area contributed by atoms with Crippen LogP contribution in [-0.4, -0.2) is 26.0 Å². The van der Waals surface area contributed by atoms with Gasteiger partial charge in [0.2, 0.25) is 0 Å². The largest absolute Gasteiger partial charge is 0.493 e. The summed E-state index contributed by atoms with van der Waals surface area (Å²) < 4.78 is 10.7. The Morgan fingerprint density at radius 2 is 1.47 bits per heavy atom. The van der Waals surface area contributed by atoms with Crippen molar-refractivity contribution in [3.8, 4) is 11.5 Å². The summed E-state index contributed by atoms with van der Waals surface area (Å²) >= 11 is 0. The summed E-state index contributed by atoms with van der Waals surface area (Å²) in [7, 11) is 3.10. The Kier molecular flexibility index (Phi) is 5.69. The van der Waals surface area contributed by atoms with Crippen LogP contribution in [0.1, 0.15) is 16.7 Å². The number of aryl methyl sites for hydroxylation is 2. The van der Waals surface area contributed by atoms with Gasteiger partial charge in [-0.2, -0.15) is 0 Å². The Labute approximate surface area is 187 Å². The number of para-hydroxylation sites is 1. The highest BCUT2D eigenvalue weighted by Gasteiger charge is 2.40. The fourth-order valence-electron chi connectivity index (χ4n) is 3.68. The molecule has 3 aromatic carbocycles. The van der Waals surface area contributed by atoms with Crippen molar-refractivity contribution < 1.29 is 19.1 Å². The second-order valence-electron chi connectivity index (χ2n) is 7.53. The van der Waals surface area contributed by atoms with Gasteiger partial charge in [0, 0.05) is 11.8 Å². The smallest absolute Gasteiger partial charge is 0.282 e. The van der Waals surface area contributed by atoms with Crippen molar-refractivity contribution in [2.24, 2.45) is 0 Å². The van der Waals surface area contributed by atoms with E-state index in [9.17, 15) is 9.59 Å². The third kappa shape index (κ3) is 3.71. The number of hydrogen-bond donors (Lipinski definition) is 1. The zero-order chi connectivity index (χ0) is 22.8. The Morgan fingerprint density at radius 3 is 2.12 bits per heavy atom. The molecule has 0 saturated carbocycles. The van der Waals surface area contributed by atoms with E-state index in [0.29, 0.717) is 34.0 Å². The number of nitrogens with one attached hydrogen (secondary N) is 1. The van der Waals surface area contributed by atoms with Gasteiger partial charge in [0.05, 0.1) is 25.5 Å². The molecule has 1 aliphatic rings. The van der Waals surface area contributed by atoms with Gasteiger partial charge >= 0.3 is 0 Å². The molecule has 0 aromatic heterocycles. The molecular weight excluding hydrogens is 404 g/mol. The lowest BCUT2D eigenvalue weighted by molar-refractivity contribution is -0.120. The van der Waals surface area contributed by atoms with Gasteiger partial charge in [0.15, 0.2) is 11.5 Å². The first-order valence-electron chi connectivity index (χ1n) is 10.2. The number of methoxy groups -OCH3 is 2. The van der Waals surface area contributed by atoms with Gasteiger partial charge in [-0.1, -0.05) is 36.4 Å². The molecule has 1 aliphatic heterocycles. The molecule has 162 valence electrons. The molecule has 0 spiro atoms. The van der Waals surface area contributed by atoms with Crippen LogP contribution in [0.3, 0.4) is 0 Å². The van der Waals surface area contributed by atoms with Crippen molar-refractivity contribution in [2.45, 2.75) is 13.8 Å². The quantitative estimate of drug-likeness (QED) is 0.576. The van der Waals surface area contributed by atoms with E-state index in [0.717, 1.165) is 11.1 Å². The minimum atomic E-state index is -0.413. The predicted molar refractivity (Wildman–Crippen MR) is 125 cm³/mol. The van der Waals surface area contributed by atoms with Crippen LogP contribution in [0, 0.1) is 13.8 Å². The molecular formula is C26H24N2O4. The number of ether oxygens (including phenoxy) is 2. The van der Waals surface area contributed by atoms with E-state index < -0.39 is 5.91 Å². The summed E-state index contributed by atoms with van der Waals surface area (Å²) in [5, 5.41) is 3.16. The summed E-state index contributed by atoms with van der Waals surface area (Å²) in [6, 6.07) is 19.9. The molecule has 0 radical (unpaired) electrons. The number of benzene rings is 3. The van der Waals surface area contributed by atoms with Crippen molar-refractivity contribution in [3.05, 3.63) is 89.1 Å².